The second-order valence-electron chi connectivity index (χ2n) is 5.46. The van der Waals surface area contributed by atoms with Gasteiger partial charge in [0.05, 0.1) is 23.0 Å². The monoisotopic (exact) mass is 355 g/mol. The molecule has 7 nitrogen and oxygen atoms in total. The van der Waals surface area contributed by atoms with E-state index < -0.39 is 16.7 Å². The lowest BCUT2D eigenvalue weighted by atomic mass is 10.1. The number of carbonyl (C=O) groups excluding carboxylic acids is 1. The van der Waals surface area contributed by atoms with Crippen molar-refractivity contribution in [2.24, 2.45) is 0 Å². The number of esters is 1. The number of non-ortho nitro benzene ring substituents is 1. The van der Waals surface area contributed by atoms with Gasteiger partial charge in [-0.2, -0.15) is 0 Å². The Morgan fingerprint density at radius 2 is 2.08 bits per heavy atom. The van der Waals surface area contributed by atoms with E-state index in [1.54, 1.807) is 12.1 Å². The molecular formula is C18H14FN3O4. The molecular weight excluding hydrogens is 341 g/mol. The number of nitrogens with zero attached hydrogens (tertiary/aromatic N) is 2. The fourth-order valence-electron chi connectivity index (χ4n) is 2.63. The Balaban J connectivity index is 1.93. The number of hydrogen-bond acceptors (Lipinski definition) is 6. The highest BCUT2D eigenvalue weighted by Crippen LogP contribution is 2.31. The zero-order valence-corrected chi connectivity index (χ0v) is 13.7. The summed E-state index contributed by atoms with van der Waals surface area (Å²) >= 11 is 0. The van der Waals surface area contributed by atoms with Crippen LogP contribution in [0.3, 0.4) is 0 Å². The molecule has 0 spiro atoms. The number of benzene rings is 2. The normalized spacial score (nSPS) is 10.5. The molecule has 132 valence electrons. The predicted octanol–water partition coefficient (Wildman–Crippen LogP) is 3.68. The number of aromatic nitrogens is 1. The molecule has 0 fully saturated rings. The van der Waals surface area contributed by atoms with Crippen LogP contribution in [-0.4, -0.2) is 23.0 Å². The van der Waals surface area contributed by atoms with Crippen molar-refractivity contribution in [2.45, 2.75) is 6.54 Å². The van der Waals surface area contributed by atoms with Gasteiger partial charge in [0.25, 0.3) is 5.69 Å². The third-order valence-electron chi connectivity index (χ3n) is 3.93. The lowest BCUT2D eigenvalue weighted by Crippen LogP contribution is -2.07. The number of ether oxygens (including phenoxy) is 1. The van der Waals surface area contributed by atoms with Gasteiger partial charge in [-0.25, -0.2) is 9.18 Å². The lowest BCUT2D eigenvalue weighted by molar-refractivity contribution is -0.383. The molecule has 0 aliphatic heterocycles. The van der Waals surface area contributed by atoms with E-state index in [2.05, 4.69) is 15.0 Å². The van der Waals surface area contributed by atoms with Crippen LogP contribution in [-0.2, 0) is 11.3 Å². The smallest absolute Gasteiger partial charge is 0.337 e. The Morgan fingerprint density at radius 1 is 1.27 bits per heavy atom. The number of rotatable bonds is 5. The number of nitrogens with one attached hydrogen (secondary N) is 1. The van der Waals surface area contributed by atoms with Gasteiger partial charge in [-0.1, -0.05) is 0 Å². The summed E-state index contributed by atoms with van der Waals surface area (Å²) in [5, 5.41) is 15.2. The van der Waals surface area contributed by atoms with E-state index in [1.807, 2.05) is 0 Å². The molecule has 0 radical (unpaired) electrons. The maximum atomic E-state index is 14.0. The first-order chi connectivity index (χ1) is 12.5. The van der Waals surface area contributed by atoms with Crippen LogP contribution < -0.4 is 5.32 Å². The van der Waals surface area contributed by atoms with Gasteiger partial charge in [0, 0.05) is 41.6 Å². The SMILES string of the molecule is COC(=O)c1ccc(F)c(CNc2ccc([N+](=O)[O-])c3cnccc23)c1. The zero-order valence-electron chi connectivity index (χ0n) is 13.7. The van der Waals surface area contributed by atoms with E-state index in [-0.39, 0.29) is 23.4 Å². The van der Waals surface area contributed by atoms with E-state index in [9.17, 15) is 19.3 Å². The first-order valence-electron chi connectivity index (χ1n) is 7.63. The zero-order chi connectivity index (χ0) is 18.7. The first kappa shape index (κ1) is 17.3. The molecule has 2 aromatic carbocycles. The Labute approximate surface area is 147 Å². The van der Waals surface area contributed by atoms with Crippen LogP contribution in [0.5, 0.6) is 0 Å². The number of hydrogen-bond donors (Lipinski definition) is 1. The molecule has 8 heteroatoms. The molecule has 3 aromatic rings. The van der Waals surface area contributed by atoms with Gasteiger partial charge in [0.2, 0.25) is 0 Å². The van der Waals surface area contributed by atoms with Gasteiger partial charge in [-0.05, 0) is 30.3 Å². The number of halogens is 1. The van der Waals surface area contributed by atoms with Crippen LogP contribution in [0.15, 0.2) is 48.8 Å². The summed E-state index contributed by atoms with van der Waals surface area (Å²) in [4.78, 5) is 26.2. The summed E-state index contributed by atoms with van der Waals surface area (Å²) in [5.74, 6) is -1.03. The number of fused-ring (bicyclic) bond motifs is 1. The van der Waals surface area contributed by atoms with Gasteiger partial charge in [-0.3, -0.25) is 15.1 Å². The second-order valence-corrected chi connectivity index (χ2v) is 5.46. The van der Waals surface area contributed by atoms with E-state index >= 15 is 0 Å². The highest BCUT2D eigenvalue weighted by atomic mass is 19.1. The van der Waals surface area contributed by atoms with Crippen molar-refractivity contribution in [3.8, 4) is 0 Å². The van der Waals surface area contributed by atoms with Crippen molar-refractivity contribution in [3.05, 3.63) is 75.9 Å². The topological polar surface area (TPSA) is 94.4 Å². The van der Waals surface area contributed by atoms with E-state index in [4.69, 9.17) is 0 Å². The molecule has 0 aliphatic rings. The number of nitro benzene ring substituents is 1. The number of carbonyl (C=O) groups is 1. The molecule has 0 amide bonds. The maximum Gasteiger partial charge on any atom is 0.337 e. The minimum absolute atomic E-state index is 0.0579. The first-order valence-corrected chi connectivity index (χ1v) is 7.63. The second kappa shape index (κ2) is 7.14. The Bertz CT molecular complexity index is 1010. The molecule has 0 atom stereocenters. The number of anilines is 1. The molecule has 1 N–H and O–H groups in total. The largest absolute Gasteiger partial charge is 0.465 e. The van der Waals surface area contributed by atoms with Crippen molar-refractivity contribution in [3.63, 3.8) is 0 Å². The van der Waals surface area contributed by atoms with E-state index in [0.29, 0.717) is 16.5 Å². The third-order valence-corrected chi connectivity index (χ3v) is 3.93. The maximum absolute atomic E-state index is 14.0. The summed E-state index contributed by atoms with van der Waals surface area (Å²) < 4.78 is 18.7. The van der Waals surface area contributed by atoms with Crippen molar-refractivity contribution in [1.82, 2.24) is 4.98 Å². The van der Waals surface area contributed by atoms with Crippen LogP contribution in [0.2, 0.25) is 0 Å². The van der Waals surface area contributed by atoms with Crippen LogP contribution in [0, 0.1) is 15.9 Å². The quantitative estimate of drug-likeness (QED) is 0.426. The average Bonchev–Trinajstić information content (AvgIpc) is 2.66. The molecule has 0 unspecified atom stereocenters. The summed E-state index contributed by atoms with van der Waals surface area (Å²) in [7, 11) is 1.25. The molecule has 0 aliphatic carbocycles. The van der Waals surface area contributed by atoms with Crippen molar-refractivity contribution in [2.75, 3.05) is 12.4 Å². The molecule has 0 saturated heterocycles. The minimum atomic E-state index is -0.557. The molecule has 1 aromatic heterocycles. The Kier molecular flexibility index (Phi) is 4.74. The predicted molar refractivity (Wildman–Crippen MR) is 93.5 cm³/mol. The van der Waals surface area contributed by atoms with E-state index in [0.717, 1.165) is 0 Å². The van der Waals surface area contributed by atoms with Crippen LogP contribution in [0.4, 0.5) is 15.8 Å². The van der Waals surface area contributed by atoms with Gasteiger partial charge in [0.15, 0.2) is 0 Å². The fraction of sp³-hybridized carbons (Fsp3) is 0.111. The summed E-state index contributed by atoms with van der Waals surface area (Å²) in [6.45, 7) is 0.0892. The number of pyridine rings is 1. The van der Waals surface area contributed by atoms with Gasteiger partial charge in [-0.15, -0.1) is 0 Å². The lowest BCUT2D eigenvalue weighted by Gasteiger charge is -2.11. The standard InChI is InChI=1S/C18H14FN3O4/c1-26-18(23)11-2-3-15(19)12(8-11)9-21-16-4-5-17(22(24)25)14-10-20-7-6-13(14)16/h2-8,10,21H,9H2,1H3. The molecule has 1 heterocycles. The Morgan fingerprint density at radius 3 is 2.81 bits per heavy atom. The number of nitro groups is 1. The van der Waals surface area contributed by atoms with Gasteiger partial charge in [0.1, 0.15) is 5.82 Å². The van der Waals surface area contributed by atoms with E-state index in [1.165, 1.54) is 43.8 Å². The summed E-state index contributed by atoms with van der Waals surface area (Å²) in [6, 6.07) is 8.52. The summed E-state index contributed by atoms with van der Waals surface area (Å²) in [5.41, 5.74) is 1.05. The van der Waals surface area contributed by atoms with Crippen molar-refractivity contribution < 1.29 is 18.8 Å². The van der Waals surface area contributed by atoms with Crippen LogP contribution >= 0.6 is 0 Å². The van der Waals surface area contributed by atoms with Crippen LogP contribution in [0.1, 0.15) is 15.9 Å². The van der Waals surface area contributed by atoms with Gasteiger partial charge < -0.3 is 10.1 Å². The van der Waals surface area contributed by atoms with Gasteiger partial charge >= 0.3 is 5.97 Å². The number of methoxy groups -OCH3 is 1. The third kappa shape index (κ3) is 3.30. The molecule has 26 heavy (non-hydrogen) atoms. The summed E-state index contributed by atoms with van der Waals surface area (Å²) in [6.07, 6.45) is 2.94. The highest BCUT2D eigenvalue weighted by Gasteiger charge is 2.15. The highest BCUT2D eigenvalue weighted by molar-refractivity contribution is 5.99. The molecule has 3 rings (SSSR count). The molecule has 0 bridgehead atoms. The van der Waals surface area contributed by atoms with Crippen LogP contribution in [0.25, 0.3) is 10.8 Å². The Hall–Kier alpha value is -3.55. The minimum Gasteiger partial charge on any atom is -0.465 e. The molecule has 0 saturated carbocycles. The average molecular weight is 355 g/mol. The van der Waals surface area contributed by atoms with Crippen molar-refractivity contribution >= 4 is 28.1 Å². The van der Waals surface area contributed by atoms with Crippen molar-refractivity contribution in [1.29, 1.82) is 0 Å². The fourth-order valence-corrected chi connectivity index (χ4v) is 2.63.